The first-order valence-electron chi connectivity index (χ1n) is 5.80. The Hall–Kier alpha value is -1.13. The van der Waals surface area contributed by atoms with Crippen LogP contribution >= 0.6 is 31.9 Å². The highest BCUT2D eigenvalue weighted by Gasteiger charge is 2.08. The van der Waals surface area contributed by atoms with Crippen LogP contribution in [0.15, 0.2) is 51.4 Å². The van der Waals surface area contributed by atoms with Crippen molar-refractivity contribution in [2.75, 3.05) is 11.9 Å². The molecule has 0 saturated carbocycles. The van der Waals surface area contributed by atoms with E-state index in [-0.39, 0.29) is 0 Å². The average Bonchev–Trinajstić information content (AvgIpc) is 2.38. The molecule has 0 aliphatic carbocycles. The van der Waals surface area contributed by atoms with Crippen molar-refractivity contribution in [3.8, 4) is 0 Å². The lowest BCUT2D eigenvalue weighted by molar-refractivity contribution is 0.112. The van der Waals surface area contributed by atoms with Gasteiger partial charge in [0.15, 0.2) is 6.29 Å². The van der Waals surface area contributed by atoms with E-state index in [2.05, 4.69) is 48.9 Å². The molecule has 0 aromatic heterocycles. The first kappa shape index (κ1) is 14.3. The van der Waals surface area contributed by atoms with Crippen molar-refractivity contribution in [1.29, 1.82) is 0 Å². The van der Waals surface area contributed by atoms with Crippen LogP contribution in [0.3, 0.4) is 0 Å². The van der Waals surface area contributed by atoms with Crippen LogP contribution in [0.5, 0.6) is 0 Å². The number of nitrogens with zero attached hydrogens (tertiary/aromatic N) is 1. The molecule has 2 rings (SSSR count). The fourth-order valence-corrected chi connectivity index (χ4v) is 2.74. The third-order valence-electron chi connectivity index (χ3n) is 2.84. The number of hydrogen-bond acceptors (Lipinski definition) is 2. The molecule has 0 aliphatic heterocycles. The SMILES string of the molecule is CN(Cc1cccc(Br)c1)c1cc(Br)ccc1C=O. The van der Waals surface area contributed by atoms with E-state index in [1.807, 2.05) is 37.4 Å². The quantitative estimate of drug-likeness (QED) is 0.716. The Morgan fingerprint density at radius 2 is 1.84 bits per heavy atom. The Morgan fingerprint density at radius 3 is 2.53 bits per heavy atom. The number of carbonyl (C=O) groups is 1. The highest BCUT2D eigenvalue weighted by atomic mass is 79.9. The van der Waals surface area contributed by atoms with Gasteiger partial charge in [-0.3, -0.25) is 4.79 Å². The minimum Gasteiger partial charge on any atom is -0.370 e. The van der Waals surface area contributed by atoms with Crippen LogP contribution in [0.1, 0.15) is 15.9 Å². The summed E-state index contributed by atoms with van der Waals surface area (Å²) in [6.45, 7) is 0.747. The van der Waals surface area contributed by atoms with E-state index >= 15 is 0 Å². The fourth-order valence-electron chi connectivity index (χ4n) is 1.94. The molecule has 2 nitrogen and oxygen atoms in total. The van der Waals surface area contributed by atoms with Gasteiger partial charge in [0.1, 0.15) is 0 Å². The molecule has 2 aromatic rings. The molecule has 4 heteroatoms. The van der Waals surface area contributed by atoms with Crippen LogP contribution in [0.2, 0.25) is 0 Å². The molecule has 0 unspecified atom stereocenters. The van der Waals surface area contributed by atoms with Crippen molar-refractivity contribution in [3.05, 3.63) is 62.5 Å². The predicted octanol–water partition coefficient (Wildman–Crippen LogP) is 4.66. The highest BCUT2D eigenvalue weighted by Crippen LogP contribution is 2.25. The summed E-state index contributed by atoms with van der Waals surface area (Å²) >= 11 is 6.91. The summed E-state index contributed by atoms with van der Waals surface area (Å²) in [5.41, 5.74) is 2.80. The molecular weight excluding hydrogens is 370 g/mol. The molecule has 0 amide bonds. The smallest absolute Gasteiger partial charge is 0.152 e. The van der Waals surface area contributed by atoms with Gasteiger partial charge in [-0.2, -0.15) is 0 Å². The average molecular weight is 383 g/mol. The summed E-state index contributed by atoms with van der Waals surface area (Å²) in [6, 6.07) is 13.8. The van der Waals surface area contributed by atoms with E-state index in [0.29, 0.717) is 5.56 Å². The lowest BCUT2D eigenvalue weighted by Gasteiger charge is -2.21. The fraction of sp³-hybridized carbons (Fsp3) is 0.133. The zero-order valence-electron chi connectivity index (χ0n) is 10.4. The third kappa shape index (κ3) is 3.67. The van der Waals surface area contributed by atoms with Gasteiger partial charge in [0, 0.05) is 33.8 Å². The third-order valence-corrected chi connectivity index (χ3v) is 3.83. The zero-order valence-corrected chi connectivity index (χ0v) is 13.6. The molecule has 0 heterocycles. The summed E-state index contributed by atoms with van der Waals surface area (Å²) in [5, 5.41) is 0. The van der Waals surface area contributed by atoms with Gasteiger partial charge in [-0.05, 0) is 35.9 Å². The largest absolute Gasteiger partial charge is 0.370 e. The molecular formula is C15H13Br2NO. The molecule has 2 aromatic carbocycles. The van der Waals surface area contributed by atoms with Gasteiger partial charge in [0.25, 0.3) is 0 Å². The second-order valence-electron chi connectivity index (χ2n) is 4.31. The van der Waals surface area contributed by atoms with Crippen LogP contribution in [0.4, 0.5) is 5.69 Å². The van der Waals surface area contributed by atoms with E-state index < -0.39 is 0 Å². The maximum Gasteiger partial charge on any atom is 0.152 e. The van der Waals surface area contributed by atoms with Gasteiger partial charge in [-0.25, -0.2) is 0 Å². The van der Waals surface area contributed by atoms with Crippen LogP contribution in [0, 0.1) is 0 Å². The second kappa shape index (κ2) is 6.35. The van der Waals surface area contributed by atoms with E-state index in [0.717, 1.165) is 27.5 Å². The molecule has 0 saturated heterocycles. The van der Waals surface area contributed by atoms with Crippen molar-refractivity contribution in [2.24, 2.45) is 0 Å². The van der Waals surface area contributed by atoms with Crippen LogP contribution in [0.25, 0.3) is 0 Å². The van der Waals surface area contributed by atoms with Crippen molar-refractivity contribution >= 4 is 43.8 Å². The molecule has 0 N–H and O–H groups in total. The Balaban J connectivity index is 2.26. The van der Waals surface area contributed by atoms with Crippen LogP contribution in [-0.4, -0.2) is 13.3 Å². The zero-order chi connectivity index (χ0) is 13.8. The lowest BCUT2D eigenvalue weighted by Crippen LogP contribution is -2.18. The number of carbonyl (C=O) groups excluding carboxylic acids is 1. The van der Waals surface area contributed by atoms with Gasteiger partial charge in [0.05, 0.1) is 0 Å². The van der Waals surface area contributed by atoms with Crippen LogP contribution in [-0.2, 0) is 6.54 Å². The summed E-state index contributed by atoms with van der Waals surface area (Å²) in [7, 11) is 1.98. The molecule has 0 aliphatic rings. The van der Waals surface area contributed by atoms with E-state index in [9.17, 15) is 4.79 Å². The Bertz CT molecular complexity index is 598. The van der Waals surface area contributed by atoms with Crippen LogP contribution < -0.4 is 4.90 Å². The molecule has 0 atom stereocenters. The predicted molar refractivity (Wildman–Crippen MR) is 85.8 cm³/mol. The highest BCUT2D eigenvalue weighted by molar-refractivity contribution is 9.10. The van der Waals surface area contributed by atoms with E-state index in [4.69, 9.17) is 0 Å². The van der Waals surface area contributed by atoms with Gasteiger partial charge in [-0.1, -0.05) is 44.0 Å². The van der Waals surface area contributed by atoms with Crippen molar-refractivity contribution in [3.63, 3.8) is 0 Å². The number of halogens is 2. The molecule has 19 heavy (non-hydrogen) atoms. The van der Waals surface area contributed by atoms with Crippen molar-refractivity contribution < 1.29 is 4.79 Å². The van der Waals surface area contributed by atoms with E-state index in [1.54, 1.807) is 0 Å². The minimum atomic E-state index is 0.695. The molecule has 0 fully saturated rings. The van der Waals surface area contributed by atoms with Crippen molar-refractivity contribution in [1.82, 2.24) is 0 Å². The number of aldehydes is 1. The minimum absolute atomic E-state index is 0.695. The van der Waals surface area contributed by atoms with Gasteiger partial charge in [-0.15, -0.1) is 0 Å². The topological polar surface area (TPSA) is 20.3 Å². The molecule has 0 bridgehead atoms. The second-order valence-corrected chi connectivity index (χ2v) is 6.14. The number of benzene rings is 2. The number of hydrogen-bond donors (Lipinski definition) is 0. The first-order valence-corrected chi connectivity index (χ1v) is 7.39. The van der Waals surface area contributed by atoms with Gasteiger partial charge in [0.2, 0.25) is 0 Å². The van der Waals surface area contributed by atoms with Crippen molar-refractivity contribution in [2.45, 2.75) is 6.54 Å². The van der Waals surface area contributed by atoms with Gasteiger partial charge < -0.3 is 4.90 Å². The first-order chi connectivity index (χ1) is 9.10. The maximum absolute atomic E-state index is 11.1. The Kier molecular flexibility index (Phi) is 4.77. The van der Waals surface area contributed by atoms with Gasteiger partial charge >= 0.3 is 0 Å². The standard InChI is InChI=1S/C15H13Br2NO/c1-18(9-11-3-2-4-13(16)7-11)15-8-14(17)6-5-12(15)10-19/h2-8,10H,9H2,1H3. The monoisotopic (exact) mass is 381 g/mol. The number of anilines is 1. The normalized spacial score (nSPS) is 10.3. The summed E-state index contributed by atoms with van der Waals surface area (Å²) < 4.78 is 2.03. The molecule has 0 spiro atoms. The molecule has 98 valence electrons. The summed E-state index contributed by atoms with van der Waals surface area (Å²) in [5.74, 6) is 0. The van der Waals surface area contributed by atoms with E-state index in [1.165, 1.54) is 5.56 Å². The summed E-state index contributed by atoms with van der Waals surface area (Å²) in [6.07, 6.45) is 0.888. The Morgan fingerprint density at radius 1 is 1.11 bits per heavy atom. The Labute approximate surface area is 129 Å². The lowest BCUT2D eigenvalue weighted by atomic mass is 10.1. The summed E-state index contributed by atoms with van der Waals surface area (Å²) in [4.78, 5) is 13.2. The number of rotatable bonds is 4. The maximum atomic E-state index is 11.1. The molecule has 0 radical (unpaired) electrons.